The predicted molar refractivity (Wildman–Crippen MR) is 72.1 cm³/mol. The Labute approximate surface area is 106 Å². The lowest BCUT2D eigenvalue weighted by Crippen LogP contribution is -2.14. The Morgan fingerprint density at radius 1 is 1.35 bits per heavy atom. The maximum Gasteiger partial charge on any atom is 0.0361 e. The summed E-state index contributed by atoms with van der Waals surface area (Å²) in [7, 11) is 0. The van der Waals surface area contributed by atoms with Crippen molar-refractivity contribution in [1.82, 2.24) is 10.3 Å². The van der Waals surface area contributed by atoms with Gasteiger partial charge in [0, 0.05) is 40.3 Å². The van der Waals surface area contributed by atoms with Gasteiger partial charge in [-0.15, -0.1) is 11.3 Å². The molecule has 0 radical (unpaired) electrons. The summed E-state index contributed by atoms with van der Waals surface area (Å²) < 4.78 is 0. The van der Waals surface area contributed by atoms with E-state index in [2.05, 4.69) is 35.4 Å². The van der Waals surface area contributed by atoms with Crippen LogP contribution < -0.4 is 5.32 Å². The first kappa shape index (κ1) is 10.9. The van der Waals surface area contributed by atoms with Crippen LogP contribution in [0.2, 0.25) is 0 Å². The molecule has 88 valence electrons. The lowest BCUT2D eigenvalue weighted by Gasteiger charge is -1.99. The van der Waals surface area contributed by atoms with E-state index >= 15 is 0 Å². The maximum absolute atomic E-state index is 4.25. The number of aryl methyl sites for hydroxylation is 1. The zero-order valence-electron chi connectivity index (χ0n) is 9.94. The molecule has 1 aliphatic rings. The van der Waals surface area contributed by atoms with Gasteiger partial charge in [-0.3, -0.25) is 4.98 Å². The van der Waals surface area contributed by atoms with Crippen molar-refractivity contribution in [3.8, 4) is 10.4 Å². The van der Waals surface area contributed by atoms with E-state index in [1.165, 1.54) is 33.7 Å². The molecule has 0 aromatic carbocycles. The molecule has 0 spiro atoms. The molecule has 0 amide bonds. The summed E-state index contributed by atoms with van der Waals surface area (Å²) in [5.41, 5.74) is 2.45. The first-order valence-corrected chi connectivity index (χ1v) is 6.87. The van der Waals surface area contributed by atoms with E-state index in [4.69, 9.17) is 0 Å². The lowest BCUT2D eigenvalue weighted by atomic mass is 10.2. The highest BCUT2D eigenvalue weighted by Crippen LogP contribution is 2.28. The topological polar surface area (TPSA) is 24.9 Å². The summed E-state index contributed by atoms with van der Waals surface area (Å²) in [6, 6.07) is 7.39. The molecule has 0 aliphatic heterocycles. The molecular weight excluding hydrogens is 228 g/mol. The van der Waals surface area contributed by atoms with E-state index in [9.17, 15) is 0 Å². The van der Waals surface area contributed by atoms with Gasteiger partial charge in [-0.2, -0.15) is 0 Å². The number of aromatic nitrogens is 1. The smallest absolute Gasteiger partial charge is 0.0361 e. The first-order valence-electron chi connectivity index (χ1n) is 6.05. The molecule has 1 aliphatic carbocycles. The van der Waals surface area contributed by atoms with Crippen LogP contribution in [-0.2, 0) is 6.54 Å². The normalized spacial score (nSPS) is 15.1. The number of pyridine rings is 1. The fraction of sp³-hybridized carbons (Fsp3) is 0.357. The molecule has 1 saturated carbocycles. The number of nitrogens with one attached hydrogen (secondary N) is 1. The van der Waals surface area contributed by atoms with Gasteiger partial charge in [-0.1, -0.05) is 0 Å². The summed E-state index contributed by atoms with van der Waals surface area (Å²) in [6.07, 6.45) is 6.53. The third kappa shape index (κ3) is 2.73. The Morgan fingerprint density at radius 3 is 3.00 bits per heavy atom. The second-order valence-electron chi connectivity index (χ2n) is 4.67. The molecular formula is C14H16N2S. The first-order chi connectivity index (χ1) is 8.31. The minimum absolute atomic E-state index is 0.779. The van der Waals surface area contributed by atoms with Crippen LogP contribution in [0, 0.1) is 6.92 Å². The lowest BCUT2D eigenvalue weighted by molar-refractivity contribution is 0.695. The van der Waals surface area contributed by atoms with Crippen molar-refractivity contribution in [3.63, 3.8) is 0 Å². The van der Waals surface area contributed by atoms with E-state index in [-0.39, 0.29) is 0 Å². The van der Waals surface area contributed by atoms with E-state index in [0.717, 1.165) is 12.6 Å². The fourth-order valence-electron chi connectivity index (χ4n) is 1.85. The molecule has 0 atom stereocenters. The minimum Gasteiger partial charge on any atom is -0.309 e. The average Bonchev–Trinajstić information content (AvgIpc) is 3.04. The molecule has 17 heavy (non-hydrogen) atoms. The van der Waals surface area contributed by atoms with E-state index in [1.54, 1.807) is 0 Å². The molecule has 3 rings (SSSR count). The molecule has 0 unspecified atom stereocenters. The van der Waals surface area contributed by atoms with Crippen molar-refractivity contribution in [2.24, 2.45) is 0 Å². The molecule has 2 aromatic heterocycles. The highest BCUT2D eigenvalue weighted by molar-refractivity contribution is 7.15. The van der Waals surface area contributed by atoms with Crippen LogP contribution >= 0.6 is 11.3 Å². The van der Waals surface area contributed by atoms with Crippen LogP contribution in [-0.4, -0.2) is 11.0 Å². The number of hydrogen-bond donors (Lipinski definition) is 1. The van der Waals surface area contributed by atoms with Crippen LogP contribution in [0.4, 0.5) is 0 Å². The van der Waals surface area contributed by atoms with Gasteiger partial charge in [-0.25, -0.2) is 0 Å². The van der Waals surface area contributed by atoms with Gasteiger partial charge in [0.15, 0.2) is 0 Å². The molecule has 0 saturated heterocycles. The fourth-order valence-corrected chi connectivity index (χ4v) is 2.79. The number of rotatable bonds is 4. The summed E-state index contributed by atoms with van der Waals surface area (Å²) in [5.74, 6) is 0. The molecule has 2 nitrogen and oxygen atoms in total. The zero-order chi connectivity index (χ0) is 11.7. The summed E-state index contributed by atoms with van der Waals surface area (Å²) in [5, 5.41) is 3.54. The van der Waals surface area contributed by atoms with Crippen LogP contribution in [0.25, 0.3) is 10.4 Å². The SMILES string of the molecule is Cc1cncc(-c2ccc(CNC3CC3)s2)c1. The van der Waals surface area contributed by atoms with Crippen LogP contribution in [0.5, 0.6) is 0 Å². The van der Waals surface area contributed by atoms with Crippen LogP contribution in [0.15, 0.2) is 30.6 Å². The molecule has 0 bridgehead atoms. The van der Waals surface area contributed by atoms with E-state index in [1.807, 2.05) is 23.7 Å². The van der Waals surface area contributed by atoms with E-state index < -0.39 is 0 Å². The molecule has 2 aromatic rings. The average molecular weight is 244 g/mol. The number of thiophene rings is 1. The Hall–Kier alpha value is -1.19. The van der Waals surface area contributed by atoms with Crippen molar-refractivity contribution >= 4 is 11.3 Å². The summed E-state index contributed by atoms with van der Waals surface area (Å²) >= 11 is 1.86. The Kier molecular flexibility index (Phi) is 2.95. The predicted octanol–water partition coefficient (Wildman–Crippen LogP) is 3.37. The standard InChI is InChI=1S/C14H16N2S/c1-10-6-11(8-15-7-10)14-5-4-13(17-14)9-16-12-2-3-12/h4-8,12,16H,2-3,9H2,1H3. The van der Waals surface area contributed by atoms with Crippen LogP contribution in [0.1, 0.15) is 23.3 Å². The van der Waals surface area contributed by atoms with Crippen molar-refractivity contribution < 1.29 is 0 Å². The maximum atomic E-state index is 4.25. The van der Waals surface area contributed by atoms with Gasteiger partial charge < -0.3 is 5.32 Å². The van der Waals surface area contributed by atoms with Crippen LogP contribution in [0.3, 0.4) is 0 Å². The van der Waals surface area contributed by atoms with Gasteiger partial charge in [0.1, 0.15) is 0 Å². The monoisotopic (exact) mass is 244 g/mol. The molecule has 1 fully saturated rings. The number of hydrogen-bond acceptors (Lipinski definition) is 3. The summed E-state index contributed by atoms with van der Waals surface area (Å²) in [4.78, 5) is 6.97. The van der Waals surface area contributed by atoms with Gasteiger partial charge in [0.25, 0.3) is 0 Å². The summed E-state index contributed by atoms with van der Waals surface area (Å²) in [6.45, 7) is 3.09. The third-order valence-electron chi connectivity index (χ3n) is 2.96. The second-order valence-corrected chi connectivity index (χ2v) is 5.84. The Balaban J connectivity index is 1.74. The van der Waals surface area contributed by atoms with Gasteiger partial charge in [-0.05, 0) is 43.5 Å². The van der Waals surface area contributed by atoms with E-state index in [0.29, 0.717) is 0 Å². The molecule has 2 heterocycles. The van der Waals surface area contributed by atoms with Crippen molar-refractivity contribution in [1.29, 1.82) is 0 Å². The largest absolute Gasteiger partial charge is 0.309 e. The van der Waals surface area contributed by atoms with Gasteiger partial charge >= 0.3 is 0 Å². The third-order valence-corrected chi connectivity index (χ3v) is 4.10. The molecule has 1 N–H and O–H groups in total. The Bertz CT molecular complexity index is 514. The zero-order valence-corrected chi connectivity index (χ0v) is 10.8. The van der Waals surface area contributed by atoms with Crippen molar-refractivity contribution in [2.75, 3.05) is 0 Å². The van der Waals surface area contributed by atoms with Gasteiger partial charge in [0.05, 0.1) is 0 Å². The van der Waals surface area contributed by atoms with Gasteiger partial charge in [0.2, 0.25) is 0 Å². The number of nitrogens with zero attached hydrogens (tertiary/aromatic N) is 1. The highest BCUT2D eigenvalue weighted by Gasteiger charge is 2.20. The molecule has 3 heteroatoms. The van der Waals surface area contributed by atoms with Crippen molar-refractivity contribution in [2.45, 2.75) is 32.4 Å². The quantitative estimate of drug-likeness (QED) is 0.892. The second kappa shape index (κ2) is 4.59. The Morgan fingerprint density at radius 2 is 2.24 bits per heavy atom. The highest BCUT2D eigenvalue weighted by atomic mass is 32.1. The van der Waals surface area contributed by atoms with Crippen molar-refractivity contribution in [3.05, 3.63) is 41.0 Å². The minimum atomic E-state index is 0.779.